The summed E-state index contributed by atoms with van der Waals surface area (Å²) < 4.78 is 5.20. The van der Waals surface area contributed by atoms with Crippen LogP contribution < -0.4 is 10.2 Å². The highest BCUT2D eigenvalue weighted by molar-refractivity contribution is 6.31. The molecule has 118 valence electrons. The zero-order valence-electron chi connectivity index (χ0n) is 12.8. The van der Waals surface area contributed by atoms with Gasteiger partial charge in [0.1, 0.15) is 5.75 Å². The van der Waals surface area contributed by atoms with Gasteiger partial charge in [-0.15, -0.1) is 0 Å². The average molecular weight is 329 g/mol. The minimum Gasteiger partial charge on any atom is -0.496 e. The monoisotopic (exact) mass is 328 g/mol. The largest absolute Gasteiger partial charge is 0.496 e. The number of methoxy groups -OCH3 is 1. The molecule has 0 spiro atoms. The van der Waals surface area contributed by atoms with E-state index in [2.05, 4.69) is 16.6 Å². The molecule has 0 atom stereocenters. The van der Waals surface area contributed by atoms with Gasteiger partial charge in [-0.3, -0.25) is 4.79 Å². The number of benzene rings is 2. The van der Waals surface area contributed by atoms with Crippen molar-refractivity contribution >= 4 is 23.2 Å². The Hall–Kier alpha value is -2.33. The van der Waals surface area contributed by atoms with Gasteiger partial charge in [0.25, 0.3) is 5.91 Å². The first-order chi connectivity index (χ1) is 11.2. The molecule has 0 aromatic heterocycles. The van der Waals surface area contributed by atoms with Crippen molar-refractivity contribution in [1.82, 2.24) is 5.43 Å². The number of nitrogens with one attached hydrogen (secondary N) is 1. The van der Waals surface area contributed by atoms with Crippen LogP contribution in [0.2, 0.25) is 5.02 Å². The molecule has 0 saturated carbocycles. The maximum atomic E-state index is 12.4. The van der Waals surface area contributed by atoms with E-state index in [0.29, 0.717) is 16.3 Å². The van der Waals surface area contributed by atoms with Crippen molar-refractivity contribution in [2.24, 2.45) is 5.10 Å². The number of nitrogens with zero attached hydrogens (tertiary/aromatic N) is 1. The van der Waals surface area contributed by atoms with E-state index in [-0.39, 0.29) is 5.91 Å². The van der Waals surface area contributed by atoms with Gasteiger partial charge in [-0.05, 0) is 43.0 Å². The quantitative estimate of drug-likeness (QED) is 0.871. The zero-order valence-corrected chi connectivity index (χ0v) is 13.6. The average Bonchev–Trinajstić information content (AvgIpc) is 2.59. The van der Waals surface area contributed by atoms with Crippen molar-refractivity contribution in [2.45, 2.75) is 19.3 Å². The topological polar surface area (TPSA) is 50.7 Å². The first-order valence-corrected chi connectivity index (χ1v) is 7.85. The van der Waals surface area contributed by atoms with Crippen LogP contribution in [0.5, 0.6) is 5.75 Å². The molecule has 0 aliphatic heterocycles. The molecule has 0 unspecified atom stereocenters. The Morgan fingerprint density at radius 3 is 2.87 bits per heavy atom. The molecule has 1 N–H and O–H groups in total. The third-order valence-electron chi connectivity index (χ3n) is 3.89. The number of fused-ring (bicyclic) bond motifs is 1. The first-order valence-electron chi connectivity index (χ1n) is 7.48. The van der Waals surface area contributed by atoms with Gasteiger partial charge in [0.15, 0.2) is 0 Å². The standard InChI is InChI=1S/C18H17ClN2O2/c1-23-17-10-9-13(19)11-15(17)18(22)21-20-16-8-4-6-12-5-2-3-7-14(12)16/h2-3,5,7,9-11H,4,6,8H2,1H3,(H,21,22). The summed E-state index contributed by atoms with van der Waals surface area (Å²) in [5.74, 6) is 0.135. The maximum Gasteiger partial charge on any atom is 0.275 e. The number of amides is 1. The number of hydrogen-bond donors (Lipinski definition) is 1. The van der Waals surface area contributed by atoms with E-state index in [1.807, 2.05) is 18.2 Å². The van der Waals surface area contributed by atoms with Crippen molar-refractivity contribution in [3.05, 3.63) is 64.2 Å². The highest BCUT2D eigenvalue weighted by Crippen LogP contribution is 2.23. The van der Waals surface area contributed by atoms with Crippen LogP contribution in [0.15, 0.2) is 47.6 Å². The number of halogens is 1. The fourth-order valence-electron chi connectivity index (χ4n) is 2.75. The van der Waals surface area contributed by atoms with Crippen molar-refractivity contribution in [2.75, 3.05) is 7.11 Å². The van der Waals surface area contributed by atoms with Crippen molar-refractivity contribution in [3.8, 4) is 5.75 Å². The van der Waals surface area contributed by atoms with Crippen molar-refractivity contribution in [1.29, 1.82) is 0 Å². The number of carbonyl (C=O) groups is 1. The summed E-state index contributed by atoms with van der Waals surface area (Å²) in [6, 6.07) is 13.1. The molecule has 0 radical (unpaired) electrons. The molecule has 0 fully saturated rings. The molecule has 5 heteroatoms. The van der Waals surface area contributed by atoms with Crippen LogP contribution >= 0.6 is 11.6 Å². The zero-order chi connectivity index (χ0) is 16.2. The van der Waals surface area contributed by atoms with Crippen molar-refractivity contribution in [3.63, 3.8) is 0 Å². The SMILES string of the molecule is COc1ccc(Cl)cc1C(=O)NN=C1CCCc2ccccc21. The molecule has 1 aliphatic carbocycles. The number of carbonyl (C=O) groups excluding carboxylic acids is 1. The Kier molecular flexibility index (Phi) is 4.63. The number of rotatable bonds is 3. The van der Waals surface area contributed by atoms with E-state index >= 15 is 0 Å². The maximum absolute atomic E-state index is 12.4. The van der Waals surface area contributed by atoms with E-state index < -0.39 is 0 Å². The van der Waals surface area contributed by atoms with Gasteiger partial charge in [-0.1, -0.05) is 35.9 Å². The summed E-state index contributed by atoms with van der Waals surface area (Å²) in [4.78, 5) is 12.4. The van der Waals surface area contributed by atoms with Crippen LogP contribution in [-0.2, 0) is 6.42 Å². The van der Waals surface area contributed by atoms with Crippen LogP contribution in [0.25, 0.3) is 0 Å². The van der Waals surface area contributed by atoms with Gasteiger partial charge in [-0.25, -0.2) is 5.43 Å². The second kappa shape index (κ2) is 6.84. The van der Waals surface area contributed by atoms with Crippen LogP contribution in [0, 0.1) is 0 Å². The predicted molar refractivity (Wildman–Crippen MR) is 91.4 cm³/mol. The Balaban J connectivity index is 1.84. The van der Waals surface area contributed by atoms with Crippen LogP contribution in [0.3, 0.4) is 0 Å². The lowest BCUT2D eigenvalue weighted by molar-refractivity contribution is 0.0951. The molecule has 2 aromatic rings. The molecule has 23 heavy (non-hydrogen) atoms. The van der Waals surface area contributed by atoms with Gasteiger partial charge >= 0.3 is 0 Å². The third-order valence-corrected chi connectivity index (χ3v) is 4.12. The first kappa shape index (κ1) is 15.6. The number of aryl methyl sites for hydroxylation is 1. The van der Waals surface area contributed by atoms with Gasteiger partial charge < -0.3 is 4.74 Å². The molecule has 2 aromatic carbocycles. The summed E-state index contributed by atoms with van der Waals surface area (Å²) >= 11 is 5.96. The smallest absolute Gasteiger partial charge is 0.275 e. The van der Waals surface area contributed by atoms with E-state index in [1.165, 1.54) is 12.7 Å². The molecular weight excluding hydrogens is 312 g/mol. The Morgan fingerprint density at radius 1 is 1.22 bits per heavy atom. The fraction of sp³-hybridized carbons (Fsp3) is 0.222. The summed E-state index contributed by atoms with van der Waals surface area (Å²) in [5.41, 5.74) is 6.27. The lowest BCUT2D eigenvalue weighted by Gasteiger charge is -2.17. The van der Waals surface area contributed by atoms with Gasteiger partial charge in [0.05, 0.1) is 18.4 Å². The summed E-state index contributed by atoms with van der Waals surface area (Å²) in [6.07, 6.45) is 2.93. The minimum atomic E-state index is -0.333. The summed E-state index contributed by atoms with van der Waals surface area (Å²) in [6.45, 7) is 0. The second-order valence-corrected chi connectivity index (χ2v) is 5.79. The Labute approximate surface area is 140 Å². The van der Waals surface area contributed by atoms with Gasteiger partial charge in [0.2, 0.25) is 0 Å². The predicted octanol–water partition coefficient (Wildman–Crippen LogP) is 3.82. The molecule has 0 bridgehead atoms. The van der Waals surface area contributed by atoms with Crippen molar-refractivity contribution < 1.29 is 9.53 Å². The lowest BCUT2D eigenvalue weighted by Crippen LogP contribution is -2.22. The molecule has 1 aliphatic rings. The minimum absolute atomic E-state index is 0.333. The third kappa shape index (κ3) is 3.37. The normalized spacial score (nSPS) is 15.1. The van der Waals surface area contributed by atoms with Crippen LogP contribution in [0.1, 0.15) is 34.3 Å². The van der Waals surface area contributed by atoms with E-state index in [1.54, 1.807) is 18.2 Å². The molecule has 4 nitrogen and oxygen atoms in total. The Morgan fingerprint density at radius 2 is 2.04 bits per heavy atom. The van der Waals surface area contributed by atoms with E-state index in [0.717, 1.165) is 30.5 Å². The molecule has 0 heterocycles. The van der Waals surface area contributed by atoms with Crippen LogP contribution in [0.4, 0.5) is 0 Å². The highest BCUT2D eigenvalue weighted by Gasteiger charge is 2.16. The molecule has 1 amide bonds. The number of hydrazone groups is 1. The number of ether oxygens (including phenoxy) is 1. The lowest BCUT2D eigenvalue weighted by atomic mass is 9.90. The number of hydrogen-bond acceptors (Lipinski definition) is 3. The Bertz CT molecular complexity index is 771. The molecule has 3 rings (SSSR count). The van der Waals surface area contributed by atoms with E-state index in [9.17, 15) is 4.79 Å². The van der Waals surface area contributed by atoms with E-state index in [4.69, 9.17) is 16.3 Å². The molecule has 0 saturated heterocycles. The molecular formula is C18H17ClN2O2. The fourth-order valence-corrected chi connectivity index (χ4v) is 2.93. The van der Waals surface area contributed by atoms with Gasteiger partial charge in [-0.2, -0.15) is 5.10 Å². The van der Waals surface area contributed by atoms with Crippen LogP contribution in [-0.4, -0.2) is 18.7 Å². The summed E-state index contributed by atoms with van der Waals surface area (Å²) in [5, 5.41) is 4.80. The van der Waals surface area contributed by atoms with Gasteiger partial charge in [0, 0.05) is 10.6 Å². The highest BCUT2D eigenvalue weighted by atomic mass is 35.5. The second-order valence-electron chi connectivity index (χ2n) is 5.35. The summed E-state index contributed by atoms with van der Waals surface area (Å²) in [7, 11) is 1.52.